The van der Waals surface area contributed by atoms with Crippen LogP contribution in [0.25, 0.3) is 0 Å². The average Bonchev–Trinajstić information content (AvgIpc) is 3.05. The molecular weight excluding hydrogens is 260 g/mol. The Kier molecular flexibility index (Phi) is 5.07. The summed E-state index contributed by atoms with van der Waals surface area (Å²) < 4.78 is 0. The van der Waals surface area contributed by atoms with Crippen molar-refractivity contribution < 1.29 is 0 Å². The molecule has 118 valence electrons. The Morgan fingerprint density at radius 2 is 1.71 bits per heavy atom. The van der Waals surface area contributed by atoms with Gasteiger partial charge in [0.1, 0.15) is 17.5 Å². The lowest BCUT2D eigenvalue weighted by molar-refractivity contribution is 0.572. The standard InChI is InChI=1S/C17H30N4/c1-6-8-14-20-15(18-9-7-2)12(3)16(21-14)19-11-13-10-17(13,4)5/h13H,6-11H2,1-5H3,(H2,18,19,20,21). The van der Waals surface area contributed by atoms with Crippen LogP contribution >= 0.6 is 0 Å². The SMILES string of the molecule is CCCNc1nc(CCC)nc(NCC2CC2(C)C)c1C. The van der Waals surface area contributed by atoms with Crippen molar-refractivity contribution in [3.63, 3.8) is 0 Å². The second kappa shape index (κ2) is 6.63. The normalized spacial score (nSPS) is 19.4. The highest BCUT2D eigenvalue weighted by Crippen LogP contribution is 2.51. The van der Waals surface area contributed by atoms with Gasteiger partial charge < -0.3 is 10.6 Å². The third kappa shape index (κ3) is 4.08. The molecule has 0 radical (unpaired) electrons. The molecule has 21 heavy (non-hydrogen) atoms. The van der Waals surface area contributed by atoms with E-state index in [-0.39, 0.29) is 0 Å². The van der Waals surface area contributed by atoms with Crippen molar-refractivity contribution in [3.8, 4) is 0 Å². The molecule has 1 aliphatic rings. The molecular formula is C17H30N4. The maximum Gasteiger partial charge on any atom is 0.134 e. The summed E-state index contributed by atoms with van der Waals surface area (Å²) in [5, 5.41) is 6.99. The first-order chi connectivity index (χ1) is 9.97. The molecule has 0 aromatic carbocycles. The summed E-state index contributed by atoms with van der Waals surface area (Å²) in [6, 6.07) is 0. The first-order valence-electron chi connectivity index (χ1n) is 8.33. The van der Waals surface area contributed by atoms with Crippen LogP contribution in [-0.2, 0) is 6.42 Å². The minimum Gasteiger partial charge on any atom is -0.370 e. The Bertz CT molecular complexity index is 482. The van der Waals surface area contributed by atoms with Crippen LogP contribution in [0.5, 0.6) is 0 Å². The Morgan fingerprint density at radius 1 is 1.10 bits per heavy atom. The first-order valence-corrected chi connectivity index (χ1v) is 8.33. The van der Waals surface area contributed by atoms with Crippen LogP contribution in [0.4, 0.5) is 11.6 Å². The zero-order valence-electron chi connectivity index (χ0n) is 14.2. The molecule has 0 spiro atoms. The fourth-order valence-corrected chi connectivity index (χ4v) is 2.63. The molecule has 1 atom stereocenters. The van der Waals surface area contributed by atoms with E-state index >= 15 is 0 Å². The Hall–Kier alpha value is -1.32. The molecule has 0 amide bonds. The number of rotatable bonds is 8. The highest BCUT2D eigenvalue weighted by atomic mass is 15.1. The number of hydrogen-bond donors (Lipinski definition) is 2. The summed E-state index contributed by atoms with van der Waals surface area (Å²) >= 11 is 0. The van der Waals surface area contributed by atoms with Gasteiger partial charge in [-0.15, -0.1) is 0 Å². The van der Waals surface area contributed by atoms with E-state index in [0.717, 1.165) is 61.3 Å². The van der Waals surface area contributed by atoms with Gasteiger partial charge in [0.15, 0.2) is 0 Å². The quantitative estimate of drug-likeness (QED) is 0.759. The second-order valence-corrected chi connectivity index (χ2v) is 6.91. The third-order valence-electron chi connectivity index (χ3n) is 4.44. The molecule has 4 heteroatoms. The second-order valence-electron chi connectivity index (χ2n) is 6.91. The van der Waals surface area contributed by atoms with Crippen LogP contribution in [0.3, 0.4) is 0 Å². The van der Waals surface area contributed by atoms with Crippen molar-refractivity contribution in [3.05, 3.63) is 11.4 Å². The number of nitrogens with one attached hydrogen (secondary N) is 2. The topological polar surface area (TPSA) is 49.8 Å². The molecule has 1 aliphatic carbocycles. The summed E-state index contributed by atoms with van der Waals surface area (Å²) in [6.07, 6.45) is 4.43. The largest absolute Gasteiger partial charge is 0.370 e. The van der Waals surface area contributed by atoms with E-state index < -0.39 is 0 Å². The van der Waals surface area contributed by atoms with Crippen molar-refractivity contribution in [1.29, 1.82) is 0 Å². The van der Waals surface area contributed by atoms with E-state index in [1.165, 1.54) is 6.42 Å². The van der Waals surface area contributed by atoms with Crippen molar-refractivity contribution in [1.82, 2.24) is 9.97 Å². The van der Waals surface area contributed by atoms with Gasteiger partial charge in [-0.1, -0.05) is 27.7 Å². The van der Waals surface area contributed by atoms with Gasteiger partial charge in [-0.2, -0.15) is 0 Å². The molecule has 0 aliphatic heterocycles. The van der Waals surface area contributed by atoms with Gasteiger partial charge in [-0.05, 0) is 37.5 Å². The first kappa shape index (κ1) is 16.1. The molecule has 1 aromatic rings. The van der Waals surface area contributed by atoms with Gasteiger partial charge in [-0.3, -0.25) is 0 Å². The van der Waals surface area contributed by atoms with Crippen LogP contribution in [0.1, 0.15) is 58.3 Å². The molecule has 1 aromatic heterocycles. The predicted octanol–water partition coefficient (Wildman–Crippen LogP) is 4.02. The van der Waals surface area contributed by atoms with Crippen molar-refractivity contribution in [2.75, 3.05) is 23.7 Å². The van der Waals surface area contributed by atoms with Gasteiger partial charge in [0.2, 0.25) is 0 Å². The van der Waals surface area contributed by atoms with Crippen LogP contribution in [0.2, 0.25) is 0 Å². The Balaban J connectivity index is 2.11. The van der Waals surface area contributed by atoms with E-state index in [2.05, 4.69) is 50.2 Å². The molecule has 2 N–H and O–H groups in total. The summed E-state index contributed by atoms with van der Waals surface area (Å²) in [4.78, 5) is 9.39. The molecule has 0 saturated heterocycles. The van der Waals surface area contributed by atoms with E-state index in [1.54, 1.807) is 0 Å². The van der Waals surface area contributed by atoms with E-state index in [0.29, 0.717) is 5.41 Å². The van der Waals surface area contributed by atoms with Crippen LogP contribution in [0.15, 0.2) is 0 Å². The average molecular weight is 290 g/mol. The van der Waals surface area contributed by atoms with Gasteiger partial charge >= 0.3 is 0 Å². The molecule has 1 unspecified atom stereocenters. The maximum absolute atomic E-state index is 4.72. The summed E-state index contributed by atoms with van der Waals surface area (Å²) in [7, 11) is 0. The van der Waals surface area contributed by atoms with Crippen molar-refractivity contribution in [2.45, 2.75) is 60.3 Å². The monoisotopic (exact) mass is 290 g/mol. The van der Waals surface area contributed by atoms with Crippen molar-refractivity contribution in [2.24, 2.45) is 11.3 Å². The summed E-state index contributed by atoms with van der Waals surface area (Å²) in [5.74, 6) is 3.72. The zero-order valence-corrected chi connectivity index (χ0v) is 14.2. The highest BCUT2D eigenvalue weighted by molar-refractivity contribution is 5.57. The number of anilines is 2. The third-order valence-corrected chi connectivity index (χ3v) is 4.44. The molecule has 1 saturated carbocycles. The zero-order chi connectivity index (χ0) is 15.5. The molecule has 2 rings (SSSR count). The number of nitrogens with zero attached hydrogens (tertiary/aromatic N) is 2. The van der Waals surface area contributed by atoms with Gasteiger partial charge in [0.05, 0.1) is 0 Å². The maximum atomic E-state index is 4.72. The molecule has 0 bridgehead atoms. The predicted molar refractivity (Wildman–Crippen MR) is 89.9 cm³/mol. The number of hydrogen-bond acceptors (Lipinski definition) is 4. The Morgan fingerprint density at radius 3 is 2.24 bits per heavy atom. The Labute approximate surface area is 129 Å². The minimum absolute atomic E-state index is 0.503. The number of aryl methyl sites for hydroxylation is 1. The summed E-state index contributed by atoms with van der Waals surface area (Å²) in [5.41, 5.74) is 1.64. The minimum atomic E-state index is 0.503. The van der Waals surface area contributed by atoms with E-state index in [4.69, 9.17) is 4.98 Å². The van der Waals surface area contributed by atoms with Gasteiger partial charge in [-0.25, -0.2) is 9.97 Å². The van der Waals surface area contributed by atoms with Crippen molar-refractivity contribution >= 4 is 11.6 Å². The lowest BCUT2D eigenvalue weighted by Gasteiger charge is -2.15. The lowest BCUT2D eigenvalue weighted by atomic mass is 10.1. The van der Waals surface area contributed by atoms with Crippen LogP contribution in [-0.4, -0.2) is 23.1 Å². The molecule has 1 fully saturated rings. The molecule has 4 nitrogen and oxygen atoms in total. The van der Waals surface area contributed by atoms with Crippen LogP contribution < -0.4 is 10.6 Å². The smallest absolute Gasteiger partial charge is 0.134 e. The molecule has 1 heterocycles. The highest BCUT2D eigenvalue weighted by Gasteiger charge is 2.45. The lowest BCUT2D eigenvalue weighted by Crippen LogP contribution is -2.14. The number of aromatic nitrogens is 2. The fraction of sp³-hybridized carbons (Fsp3) is 0.765. The van der Waals surface area contributed by atoms with E-state index in [1.807, 2.05) is 0 Å². The van der Waals surface area contributed by atoms with Gasteiger partial charge in [0, 0.05) is 25.1 Å². The fourth-order valence-electron chi connectivity index (χ4n) is 2.63. The van der Waals surface area contributed by atoms with Gasteiger partial charge in [0.25, 0.3) is 0 Å². The van der Waals surface area contributed by atoms with E-state index in [9.17, 15) is 0 Å². The van der Waals surface area contributed by atoms with Crippen LogP contribution in [0, 0.1) is 18.3 Å². The summed E-state index contributed by atoms with van der Waals surface area (Å²) in [6.45, 7) is 13.1.